The highest BCUT2D eigenvalue weighted by molar-refractivity contribution is 7.87. The van der Waals surface area contributed by atoms with Crippen molar-refractivity contribution in [2.75, 3.05) is 6.61 Å². The van der Waals surface area contributed by atoms with Gasteiger partial charge >= 0.3 is 45.2 Å². The van der Waals surface area contributed by atoms with E-state index in [1.165, 1.54) is 0 Å². The average Bonchev–Trinajstić information content (AvgIpc) is 2.46. The summed E-state index contributed by atoms with van der Waals surface area (Å²) in [5, 5.41) is 2.78. The lowest BCUT2D eigenvalue weighted by molar-refractivity contribution is -0.353. The molecule has 0 radical (unpaired) electrons. The van der Waals surface area contributed by atoms with Crippen molar-refractivity contribution in [3.8, 4) is 0 Å². The summed E-state index contributed by atoms with van der Waals surface area (Å²) in [6.07, 6.45) is -9.51. The number of esters is 1. The first-order chi connectivity index (χ1) is 12.2. The highest BCUT2D eigenvalue weighted by Crippen LogP contribution is 2.42. The molecule has 0 aromatic rings. The number of carbonyl (C=O) groups is 2. The zero-order valence-corrected chi connectivity index (χ0v) is 14.5. The molecular formula is C12H13F7O8S. The number of hydrogen-bond donors (Lipinski definition) is 2. The van der Waals surface area contributed by atoms with Crippen molar-refractivity contribution in [3.63, 3.8) is 0 Å². The molecular weight excluding hydrogens is 437 g/mol. The van der Waals surface area contributed by atoms with Gasteiger partial charge in [-0.3, -0.25) is 4.55 Å². The van der Waals surface area contributed by atoms with Crippen molar-refractivity contribution < 1.29 is 67.9 Å². The molecule has 0 saturated carbocycles. The minimum absolute atomic E-state index is 0.683. The Balaban J connectivity index is 5.45. The van der Waals surface area contributed by atoms with Gasteiger partial charge in [-0.25, -0.2) is 9.59 Å². The van der Waals surface area contributed by atoms with Crippen molar-refractivity contribution in [3.05, 3.63) is 12.2 Å². The van der Waals surface area contributed by atoms with Crippen LogP contribution in [0.2, 0.25) is 0 Å². The monoisotopic (exact) mass is 450 g/mol. The molecule has 0 aromatic heterocycles. The van der Waals surface area contributed by atoms with Gasteiger partial charge < -0.3 is 14.6 Å². The van der Waals surface area contributed by atoms with E-state index in [1.54, 1.807) is 0 Å². The van der Waals surface area contributed by atoms with Crippen LogP contribution < -0.4 is 0 Å². The second-order valence-corrected chi connectivity index (χ2v) is 6.70. The molecule has 0 spiro atoms. The standard InChI is InChI=1S/C12H13F7O8S/c1-6(2)7(20)27-10(8(21)22,11(15,16)17)26-5-3-4-9(13,14)12(18,19)28(23,24)25/h1,3-5H2,2H3,(H,21,22)(H,23,24,25). The Morgan fingerprint density at radius 2 is 1.54 bits per heavy atom. The number of carboxylic acid groups (broad SMARTS) is 1. The van der Waals surface area contributed by atoms with E-state index >= 15 is 0 Å². The Morgan fingerprint density at radius 3 is 1.86 bits per heavy atom. The number of hydrogen-bond acceptors (Lipinski definition) is 6. The molecule has 2 N–H and O–H groups in total. The van der Waals surface area contributed by atoms with Gasteiger partial charge in [0, 0.05) is 12.0 Å². The molecule has 0 saturated heterocycles. The van der Waals surface area contributed by atoms with Gasteiger partial charge in [0.05, 0.1) is 6.61 Å². The lowest BCUT2D eigenvalue weighted by atomic mass is 10.2. The van der Waals surface area contributed by atoms with Crippen LogP contribution in [0.4, 0.5) is 30.7 Å². The van der Waals surface area contributed by atoms with Gasteiger partial charge in [-0.1, -0.05) is 6.58 Å². The first-order valence-electron chi connectivity index (χ1n) is 6.78. The summed E-state index contributed by atoms with van der Waals surface area (Å²) in [4.78, 5) is 22.2. The Morgan fingerprint density at radius 1 is 1.07 bits per heavy atom. The third kappa shape index (κ3) is 5.32. The van der Waals surface area contributed by atoms with Gasteiger partial charge in [0.1, 0.15) is 0 Å². The molecule has 1 unspecified atom stereocenters. The van der Waals surface area contributed by atoms with Crippen LogP contribution >= 0.6 is 0 Å². The molecule has 0 fully saturated rings. The number of alkyl halides is 7. The van der Waals surface area contributed by atoms with Crippen LogP contribution in [0, 0.1) is 0 Å². The predicted octanol–water partition coefficient (Wildman–Crippen LogP) is 2.36. The van der Waals surface area contributed by atoms with E-state index in [2.05, 4.69) is 16.1 Å². The fourth-order valence-electron chi connectivity index (χ4n) is 1.46. The number of halogens is 7. The molecule has 0 rings (SSSR count). The van der Waals surface area contributed by atoms with Crippen molar-refractivity contribution >= 4 is 22.1 Å². The van der Waals surface area contributed by atoms with Crippen LogP contribution in [0.5, 0.6) is 0 Å². The van der Waals surface area contributed by atoms with Crippen LogP contribution in [-0.4, -0.2) is 59.8 Å². The summed E-state index contributed by atoms with van der Waals surface area (Å²) in [6.45, 7) is 2.12. The highest BCUT2D eigenvalue weighted by atomic mass is 32.2. The maximum Gasteiger partial charge on any atom is 0.468 e. The Labute approximate surface area is 152 Å². The largest absolute Gasteiger partial charge is 0.476 e. The van der Waals surface area contributed by atoms with Gasteiger partial charge in [-0.05, 0) is 13.3 Å². The highest BCUT2D eigenvalue weighted by Gasteiger charge is 2.68. The zero-order valence-electron chi connectivity index (χ0n) is 13.7. The van der Waals surface area contributed by atoms with E-state index < -0.39 is 70.2 Å². The van der Waals surface area contributed by atoms with Crippen molar-refractivity contribution in [1.82, 2.24) is 0 Å². The lowest BCUT2D eigenvalue weighted by Gasteiger charge is -2.31. The number of carboxylic acids is 1. The zero-order chi connectivity index (χ0) is 22.8. The molecule has 28 heavy (non-hydrogen) atoms. The molecule has 0 bridgehead atoms. The van der Waals surface area contributed by atoms with Crippen LogP contribution in [0.25, 0.3) is 0 Å². The van der Waals surface area contributed by atoms with E-state index in [-0.39, 0.29) is 0 Å². The first kappa shape index (κ1) is 26.1. The molecule has 0 heterocycles. The van der Waals surface area contributed by atoms with E-state index in [0.717, 1.165) is 6.92 Å². The molecule has 0 amide bonds. The summed E-state index contributed by atoms with van der Waals surface area (Å²) in [7, 11) is -6.57. The molecule has 8 nitrogen and oxygen atoms in total. The third-order valence-electron chi connectivity index (χ3n) is 2.93. The summed E-state index contributed by atoms with van der Waals surface area (Å²) in [5.74, 6) is -14.9. The van der Waals surface area contributed by atoms with Crippen molar-refractivity contribution in [2.45, 2.75) is 42.9 Å². The van der Waals surface area contributed by atoms with E-state index in [9.17, 15) is 48.7 Å². The van der Waals surface area contributed by atoms with Crippen molar-refractivity contribution in [2.24, 2.45) is 0 Å². The predicted molar refractivity (Wildman–Crippen MR) is 74.0 cm³/mol. The van der Waals surface area contributed by atoms with Gasteiger partial charge in [-0.15, -0.1) is 0 Å². The summed E-state index contributed by atoms with van der Waals surface area (Å²) >= 11 is 0. The number of aliphatic carboxylic acids is 1. The Bertz CT molecular complexity index is 731. The van der Waals surface area contributed by atoms with E-state index in [1.807, 2.05) is 0 Å². The van der Waals surface area contributed by atoms with Gasteiger partial charge in [0.15, 0.2) is 0 Å². The quantitative estimate of drug-likeness (QED) is 0.130. The minimum atomic E-state index is -6.57. The lowest BCUT2D eigenvalue weighted by Crippen LogP contribution is -2.57. The number of ether oxygens (including phenoxy) is 2. The second kappa shape index (κ2) is 8.20. The molecule has 0 aliphatic carbocycles. The van der Waals surface area contributed by atoms with Crippen LogP contribution in [-0.2, 0) is 29.2 Å². The summed E-state index contributed by atoms with van der Waals surface area (Å²) < 4.78 is 128. The maximum absolute atomic E-state index is 13.2. The third-order valence-corrected chi connectivity index (χ3v) is 3.88. The molecule has 16 heteroatoms. The Hall–Kier alpha value is -1.94. The SMILES string of the molecule is C=C(C)C(=O)OC(OCCCC(F)(F)C(F)(F)S(=O)(=O)O)(C(=O)O)C(F)(F)F. The molecule has 0 aliphatic rings. The van der Waals surface area contributed by atoms with Gasteiger partial charge in [-0.2, -0.15) is 39.2 Å². The van der Waals surface area contributed by atoms with E-state index in [4.69, 9.17) is 9.66 Å². The molecule has 0 aromatic carbocycles. The van der Waals surface area contributed by atoms with Gasteiger partial charge in [0.2, 0.25) is 0 Å². The maximum atomic E-state index is 13.2. The average molecular weight is 450 g/mol. The topological polar surface area (TPSA) is 127 Å². The molecule has 0 aliphatic heterocycles. The first-order valence-corrected chi connectivity index (χ1v) is 8.22. The van der Waals surface area contributed by atoms with Crippen LogP contribution in [0.3, 0.4) is 0 Å². The normalized spacial score (nSPS) is 15.6. The van der Waals surface area contributed by atoms with E-state index in [0.29, 0.717) is 0 Å². The second-order valence-electron chi connectivity index (χ2n) is 5.24. The number of carbonyl (C=O) groups excluding carboxylic acids is 1. The fourth-order valence-corrected chi connectivity index (χ4v) is 1.94. The Kier molecular flexibility index (Phi) is 7.63. The minimum Gasteiger partial charge on any atom is -0.476 e. The molecule has 1 atom stereocenters. The van der Waals surface area contributed by atoms with Gasteiger partial charge in [0.25, 0.3) is 0 Å². The summed E-state index contributed by atoms with van der Waals surface area (Å²) in [5.41, 5.74) is -0.683. The molecule has 164 valence electrons. The fraction of sp³-hybridized carbons (Fsp3) is 0.667. The van der Waals surface area contributed by atoms with Crippen molar-refractivity contribution in [1.29, 1.82) is 0 Å². The summed E-state index contributed by atoms with van der Waals surface area (Å²) in [6, 6.07) is 0. The van der Waals surface area contributed by atoms with Crippen LogP contribution in [0.1, 0.15) is 19.8 Å². The smallest absolute Gasteiger partial charge is 0.468 e. The van der Waals surface area contributed by atoms with Crippen LogP contribution in [0.15, 0.2) is 12.2 Å². The number of rotatable bonds is 10.